The van der Waals surface area contributed by atoms with Crippen molar-refractivity contribution in [3.63, 3.8) is 0 Å². The van der Waals surface area contributed by atoms with Crippen molar-refractivity contribution in [3.8, 4) is 0 Å². The highest BCUT2D eigenvalue weighted by Crippen LogP contribution is 2.35. The Morgan fingerprint density at radius 2 is 1.83 bits per heavy atom. The second-order valence-electron chi connectivity index (χ2n) is 6.61. The molecule has 1 aromatic carbocycles. The summed E-state index contributed by atoms with van der Waals surface area (Å²) in [6, 6.07) is 13.3. The highest BCUT2D eigenvalue weighted by molar-refractivity contribution is 5.78. The van der Waals surface area contributed by atoms with Gasteiger partial charge in [-0.2, -0.15) is 0 Å². The van der Waals surface area contributed by atoms with Gasteiger partial charge in [0.1, 0.15) is 0 Å². The van der Waals surface area contributed by atoms with Gasteiger partial charge >= 0.3 is 0 Å². The van der Waals surface area contributed by atoms with Crippen LogP contribution in [-0.2, 0) is 4.74 Å². The van der Waals surface area contributed by atoms with Crippen LogP contribution in [0.5, 0.6) is 0 Å². The second kappa shape index (κ2) is 6.95. The molecular weight excluding hydrogens is 286 g/mol. The summed E-state index contributed by atoms with van der Waals surface area (Å²) < 4.78 is 5.59. The minimum atomic E-state index is 0.422. The molecule has 2 saturated heterocycles. The first kappa shape index (κ1) is 15.1. The summed E-state index contributed by atoms with van der Waals surface area (Å²) in [6.45, 7) is 6.15. The van der Waals surface area contributed by atoms with E-state index in [1.807, 2.05) is 0 Å². The molecule has 4 nitrogen and oxygen atoms in total. The lowest BCUT2D eigenvalue weighted by Crippen LogP contribution is -2.47. The Morgan fingerprint density at radius 1 is 1.04 bits per heavy atom. The van der Waals surface area contributed by atoms with E-state index in [2.05, 4.69) is 46.6 Å². The number of fused-ring (bicyclic) bond motifs is 1. The molecule has 4 rings (SSSR count). The molecule has 0 amide bonds. The molecule has 1 aromatic heterocycles. The summed E-state index contributed by atoms with van der Waals surface area (Å²) in [6.07, 6.45) is 2.28. The van der Waals surface area contributed by atoms with E-state index in [1.165, 1.54) is 11.1 Å². The van der Waals surface area contributed by atoms with E-state index >= 15 is 0 Å². The average molecular weight is 311 g/mol. The molecule has 122 valence electrons. The molecule has 0 radical (unpaired) electrons. The number of piperazine rings is 1. The molecule has 1 atom stereocenters. The van der Waals surface area contributed by atoms with Gasteiger partial charge in [-0.1, -0.05) is 24.3 Å². The maximum Gasteiger partial charge on any atom is 0.0706 e. The van der Waals surface area contributed by atoms with Gasteiger partial charge in [0.25, 0.3) is 0 Å². The Kier molecular flexibility index (Phi) is 4.55. The first-order valence-electron chi connectivity index (χ1n) is 8.80. The van der Waals surface area contributed by atoms with Crippen molar-refractivity contribution >= 4 is 10.9 Å². The molecule has 3 heterocycles. The highest BCUT2D eigenvalue weighted by Gasteiger charge is 2.32. The molecule has 0 saturated carbocycles. The van der Waals surface area contributed by atoms with E-state index in [-0.39, 0.29) is 0 Å². The average Bonchev–Trinajstić information content (AvgIpc) is 2.64. The molecule has 0 bridgehead atoms. The van der Waals surface area contributed by atoms with Crippen molar-refractivity contribution in [2.75, 3.05) is 39.4 Å². The van der Waals surface area contributed by atoms with Crippen molar-refractivity contribution in [3.05, 3.63) is 42.1 Å². The molecular formula is C19H25N3O. The molecule has 0 aliphatic carbocycles. The van der Waals surface area contributed by atoms with Gasteiger partial charge in [0, 0.05) is 44.8 Å². The molecule has 2 aliphatic rings. The smallest absolute Gasteiger partial charge is 0.0706 e. The SMILES string of the molecule is c1ccc2nc([C@@H](C3CCOCC3)N3CCNCC3)ccc2c1. The Morgan fingerprint density at radius 3 is 2.65 bits per heavy atom. The fraction of sp³-hybridized carbons (Fsp3) is 0.526. The standard InChI is InChI=1S/C19H25N3O/c1-2-4-17-15(3-1)5-6-18(21-17)19(16-7-13-23-14-8-16)22-11-9-20-10-12-22/h1-6,16,19-20H,7-14H2/t19-/m1/s1. The summed E-state index contributed by atoms with van der Waals surface area (Å²) in [5.41, 5.74) is 2.34. The van der Waals surface area contributed by atoms with Gasteiger partial charge in [0.05, 0.1) is 17.3 Å². The number of aromatic nitrogens is 1. The van der Waals surface area contributed by atoms with Crippen molar-refractivity contribution in [1.82, 2.24) is 15.2 Å². The van der Waals surface area contributed by atoms with Crippen LogP contribution >= 0.6 is 0 Å². The largest absolute Gasteiger partial charge is 0.381 e. The number of nitrogens with one attached hydrogen (secondary N) is 1. The van der Waals surface area contributed by atoms with E-state index in [0.29, 0.717) is 12.0 Å². The number of benzene rings is 1. The van der Waals surface area contributed by atoms with Crippen LogP contribution in [0.25, 0.3) is 10.9 Å². The zero-order valence-corrected chi connectivity index (χ0v) is 13.6. The van der Waals surface area contributed by atoms with Gasteiger partial charge in [0.15, 0.2) is 0 Å². The first-order valence-corrected chi connectivity index (χ1v) is 8.80. The van der Waals surface area contributed by atoms with E-state index in [0.717, 1.165) is 57.8 Å². The lowest BCUT2D eigenvalue weighted by Gasteiger charge is -2.40. The predicted octanol–water partition coefficient (Wildman–Crippen LogP) is 2.61. The minimum absolute atomic E-state index is 0.422. The molecule has 2 fully saturated rings. The number of hydrogen-bond acceptors (Lipinski definition) is 4. The summed E-state index contributed by atoms with van der Waals surface area (Å²) in [4.78, 5) is 7.65. The van der Waals surface area contributed by atoms with Crippen LogP contribution in [0.3, 0.4) is 0 Å². The lowest BCUT2D eigenvalue weighted by molar-refractivity contribution is 0.0202. The van der Waals surface area contributed by atoms with Crippen LogP contribution < -0.4 is 5.32 Å². The molecule has 4 heteroatoms. The highest BCUT2D eigenvalue weighted by atomic mass is 16.5. The van der Waals surface area contributed by atoms with E-state index in [4.69, 9.17) is 9.72 Å². The van der Waals surface area contributed by atoms with Crippen LogP contribution in [0.2, 0.25) is 0 Å². The van der Waals surface area contributed by atoms with Crippen LogP contribution in [0, 0.1) is 5.92 Å². The van der Waals surface area contributed by atoms with Crippen LogP contribution in [0.15, 0.2) is 36.4 Å². The zero-order chi connectivity index (χ0) is 15.5. The van der Waals surface area contributed by atoms with Crippen LogP contribution in [-0.4, -0.2) is 49.3 Å². The van der Waals surface area contributed by atoms with Gasteiger partial charge in [-0.3, -0.25) is 9.88 Å². The minimum Gasteiger partial charge on any atom is -0.381 e. The van der Waals surface area contributed by atoms with Gasteiger partial charge < -0.3 is 10.1 Å². The quantitative estimate of drug-likeness (QED) is 0.945. The van der Waals surface area contributed by atoms with E-state index < -0.39 is 0 Å². The summed E-state index contributed by atoms with van der Waals surface area (Å²) in [5, 5.41) is 4.69. The monoisotopic (exact) mass is 311 g/mol. The third-order valence-electron chi connectivity index (χ3n) is 5.18. The van der Waals surface area contributed by atoms with Crippen molar-refractivity contribution in [1.29, 1.82) is 0 Å². The van der Waals surface area contributed by atoms with Crippen molar-refractivity contribution in [2.24, 2.45) is 5.92 Å². The summed E-state index contributed by atoms with van der Waals surface area (Å²) in [5.74, 6) is 0.649. The van der Waals surface area contributed by atoms with Gasteiger partial charge in [-0.05, 0) is 30.9 Å². The van der Waals surface area contributed by atoms with Crippen molar-refractivity contribution < 1.29 is 4.74 Å². The normalized spacial score (nSPS) is 22.3. The number of rotatable bonds is 3. The fourth-order valence-electron chi connectivity index (χ4n) is 3.97. The molecule has 1 N–H and O–H groups in total. The van der Waals surface area contributed by atoms with Gasteiger partial charge in [-0.15, -0.1) is 0 Å². The Bertz CT molecular complexity index is 630. The number of ether oxygens (including phenoxy) is 1. The Balaban J connectivity index is 1.69. The van der Waals surface area contributed by atoms with Crippen LogP contribution in [0.1, 0.15) is 24.6 Å². The number of hydrogen-bond donors (Lipinski definition) is 1. The maximum absolute atomic E-state index is 5.59. The molecule has 23 heavy (non-hydrogen) atoms. The second-order valence-corrected chi connectivity index (χ2v) is 6.61. The number of para-hydroxylation sites is 1. The lowest BCUT2D eigenvalue weighted by atomic mass is 9.87. The molecule has 2 aliphatic heterocycles. The number of nitrogens with zero attached hydrogens (tertiary/aromatic N) is 2. The maximum atomic E-state index is 5.59. The number of pyridine rings is 1. The molecule has 2 aromatic rings. The Hall–Kier alpha value is -1.49. The first-order chi connectivity index (χ1) is 11.4. The molecule has 0 unspecified atom stereocenters. The topological polar surface area (TPSA) is 37.4 Å². The third-order valence-corrected chi connectivity index (χ3v) is 5.18. The zero-order valence-electron chi connectivity index (χ0n) is 13.6. The molecule has 0 spiro atoms. The fourth-order valence-corrected chi connectivity index (χ4v) is 3.97. The summed E-state index contributed by atoms with van der Waals surface area (Å²) in [7, 11) is 0. The van der Waals surface area contributed by atoms with Gasteiger partial charge in [0.2, 0.25) is 0 Å². The van der Waals surface area contributed by atoms with Crippen molar-refractivity contribution in [2.45, 2.75) is 18.9 Å². The van der Waals surface area contributed by atoms with Gasteiger partial charge in [-0.25, -0.2) is 0 Å². The summed E-state index contributed by atoms with van der Waals surface area (Å²) >= 11 is 0. The van der Waals surface area contributed by atoms with E-state index in [9.17, 15) is 0 Å². The van der Waals surface area contributed by atoms with E-state index in [1.54, 1.807) is 0 Å². The predicted molar refractivity (Wildman–Crippen MR) is 92.5 cm³/mol. The third kappa shape index (κ3) is 3.25. The van der Waals surface area contributed by atoms with Crippen LogP contribution in [0.4, 0.5) is 0 Å². The Labute approximate surface area is 137 Å².